The molecule has 0 unspecified atom stereocenters. The van der Waals surface area contributed by atoms with Crippen LogP contribution in [0.15, 0.2) is 35.5 Å². The number of carbonyl (C=O) groups is 1. The van der Waals surface area contributed by atoms with Crippen LogP contribution in [0.1, 0.15) is 24.4 Å². The van der Waals surface area contributed by atoms with Crippen LogP contribution in [-0.2, 0) is 9.53 Å². The second kappa shape index (κ2) is 5.85. The number of ether oxygens (including phenoxy) is 1. The highest BCUT2D eigenvalue weighted by Crippen LogP contribution is 2.31. The number of thiophene rings is 1. The van der Waals surface area contributed by atoms with Crippen LogP contribution < -0.4 is 0 Å². The molecule has 2 aromatic rings. The fourth-order valence-corrected chi connectivity index (χ4v) is 4.22. The van der Waals surface area contributed by atoms with Gasteiger partial charge < -0.3 is 9.30 Å². The molecule has 0 radical (unpaired) electrons. The molecule has 0 spiro atoms. The van der Waals surface area contributed by atoms with Crippen molar-refractivity contribution >= 4 is 17.3 Å². The van der Waals surface area contributed by atoms with Gasteiger partial charge in [-0.05, 0) is 54.2 Å². The second-order valence-corrected chi connectivity index (χ2v) is 6.86. The molecule has 3 fully saturated rings. The third kappa shape index (κ3) is 2.57. The van der Waals surface area contributed by atoms with E-state index in [2.05, 4.69) is 9.88 Å². The molecular weight excluding hydrogens is 298 g/mol. The van der Waals surface area contributed by atoms with Gasteiger partial charge in [-0.3, -0.25) is 4.90 Å². The summed E-state index contributed by atoms with van der Waals surface area (Å²) in [5.41, 5.74) is 0.967. The minimum Gasteiger partial charge on any atom is -0.459 e. The molecule has 2 atom stereocenters. The van der Waals surface area contributed by atoms with Crippen LogP contribution in [-0.4, -0.2) is 46.2 Å². The van der Waals surface area contributed by atoms with E-state index in [9.17, 15) is 4.79 Å². The molecule has 22 heavy (non-hydrogen) atoms. The molecule has 5 rings (SSSR count). The van der Waals surface area contributed by atoms with Gasteiger partial charge in [0, 0.05) is 18.9 Å². The Morgan fingerprint density at radius 3 is 2.86 bits per heavy atom. The summed E-state index contributed by atoms with van der Waals surface area (Å²) in [6.45, 7) is 3.18. The normalized spacial score (nSPS) is 28.5. The summed E-state index contributed by atoms with van der Waals surface area (Å²) < 4.78 is 7.74. The molecule has 0 N–H and O–H groups in total. The van der Waals surface area contributed by atoms with E-state index < -0.39 is 6.04 Å². The van der Waals surface area contributed by atoms with Crippen LogP contribution in [0.5, 0.6) is 0 Å². The predicted octanol–water partition coefficient (Wildman–Crippen LogP) is 2.17. The van der Waals surface area contributed by atoms with Gasteiger partial charge in [-0.2, -0.15) is 11.3 Å². The average Bonchev–Trinajstić information content (AvgIpc) is 3.23. The summed E-state index contributed by atoms with van der Waals surface area (Å²) in [4.78, 5) is 19.3. The SMILES string of the molecule is O=C(O[C@H]1CN2CCC1CC2)[C@@H](c1ccsc1)n1ccnc1. The van der Waals surface area contributed by atoms with Gasteiger partial charge in [-0.25, -0.2) is 9.78 Å². The second-order valence-electron chi connectivity index (χ2n) is 6.08. The zero-order chi connectivity index (χ0) is 14.9. The number of esters is 1. The van der Waals surface area contributed by atoms with Crippen molar-refractivity contribution in [3.63, 3.8) is 0 Å². The van der Waals surface area contributed by atoms with Crippen molar-refractivity contribution < 1.29 is 9.53 Å². The molecule has 0 aromatic carbocycles. The molecule has 5 nitrogen and oxygen atoms in total. The van der Waals surface area contributed by atoms with E-state index in [1.807, 2.05) is 27.6 Å². The summed E-state index contributed by atoms with van der Waals surface area (Å²) in [6, 6.07) is 1.55. The maximum atomic E-state index is 12.8. The van der Waals surface area contributed by atoms with Crippen LogP contribution in [0, 0.1) is 5.92 Å². The van der Waals surface area contributed by atoms with Gasteiger partial charge in [0.1, 0.15) is 6.10 Å². The monoisotopic (exact) mass is 317 g/mol. The maximum Gasteiger partial charge on any atom is 0.334 e. The molecule has 0 aliphatic carbocycles. The number of hydrogen-bond acceptors (Lipinski definition) is 5. The molecule has 0 amide bonds. The van der Waals surface area contributed by atoms with E-state index in [1.54, 1.807) is 23.9 Å². The van der Waals surface area contributed by atoms with Crippen molar-refractivity contribution in [1.29, 1.82) is 0 Å². The fourth-order valence-electron chi connectivity index (χ4n) is 3.54. The van der Waals surface area contributed by atoms with Crippen molar-refractivity contribution in [3.05, 3.63) is 41.1 Å². The molecule has 3 aliphatic heterocycles. The average molecular weight is 317 g/mol. The first kappa shape index (κ1) is 14.0. The molecule has 116 valence electrons. The zero-order valence-electron chi connectivity index (χ0n) is 12.3. The van der Waals surface area contributed by atoms with E-state index in [0.717, 1.165) is 38.0 Å². The lowest BCUT2D eigenvalue weighted by Crippen LogP contribution is -2.52. The van der Waals surface area contributed by atoms with Crippen molar-refractivity contribution in [2.45, 2.75) is 25.0 Å². The van der Waals surface area contributed by atoms with E-state index in [1.165, 1.54) is 0 Å². The number of fused-ring (bicyclic) bond motifs is 3. The largest absolute Gasteiger partial charge is 0.459 e. The van der Waals surface area contributed by atoms with Gasteiger partial charge in [-0.1, -0.05) is 0 Å². The molecule has 2 aromatic heterocycles. The number of piperidine rings is 3. The zero-order valence-corrected chi connectivity index (χ0v) is 13.1. The van der Waals surface area contributed by atoms with Crippen LogP contribution in [0.25, 0.3) is 0 Å². The Hall–Kier alpha value is -1.66. The van der Waals surface area contributed by atoms with Crippen LogP contribution in [0.4, 0.5) is 0 Å². The predicted molar refractivity (Wildman–Crippen MR) is 83.7 cm³/mol. The van der Waals surface area contributed by atoms with Gasteiger partial charge in [0.05, 0.1) is 6.33 Å². The molecule has 6 heteroatoms. The number of nitrogens with zero attached hydrogens (tertiary/aromatic N) is 3. The standard InChI is InChI=1S/C16H19N3O2S/c20-16(21-14-9-18-5-1-12(14)2-6-18)15(13-3-8-22-10-13)19-7-4-17-11-19/h3-4,7-8,10-12,14-15H,1-2,5-6,9H2/t14-,15+/m0/s1. The number of hydrogen-bond donors (Lipinski definition) is 0. The summed E-state index contributed by atoms with van der Waals surface area (Å²) in [5.74, 6) is 0.356. The molecule has 3 saturated heterocycles. The molecule has 3 aliphatic rings. The lowest BCUT2D eigenvalue weighted by molar-refractivity contribution is -0.161. The number of aromatic nitrogens is 2. The highest BCUT2D eigenvalue weighted by Gasteiger charge is 2.38. The number of imidazole rings is 1. The summed E-state index contributed by atoms with van der Waals surface area (Å²) >= 11 is 1.59. The van der Waals surface area contributed by atoms with Crippen molar-refractivity contribution in [1.82, 2.24) is 14.5 Å². The quantitative estimate of drug-likeness (QED) is 0.811. The van der Waals surface area contributed by atoms with Gasteiger partial charge in [-0.15, -0.1) is 0 Å². The van der Waals surface area contributed by atoms with E-state index in [0.29, 0.717) is 5.92 Å². The Kier molecular flexibility index (Phi) is 3.72. The van der Waals surface area contributed by atoms with Crippen LogP contribution in [0.3, 0.4) is 0 Å². The van der Waals surface area contributed by atoms with Gasteiger partial charge in [0.2, 0.25) is 0 Å². The minimum absolute atomic E-state index is 0.0413. The van der Waals surface area contributed by atoms with Crippen LogP contribution in [0.2, 0.25) is 0 Å². The Labute approximate surface area is 133 Å². The maximum absolute atomic E-state index is 12.8. The highest BCUT2D eigenvalue weighted by atomic mass is 32.1. The summed E-state index contributed by atoms with van der Waals surface area (Å²) in [7, 11) is 0. The van der Waals surface area contributed by atoms with Gasteiger partial charge in [0.15, 0.2) is 6.04 Å². The summed E-state index contributed by atoms with van der Waals surface area (Å²) in [6.07, 6.45) is 7.53. The molecular formula is C16H19N3O2S. The van der Waals surface area contributed by atoms with E-state index >= 15 is 0 Å². The van der Waals surface area contributed by atoms with E-state index in [4.69, 9.17) is 4.74 Å². The lowest BCUT2D eigenvalue weighted by Gasteiger charge is -2.44. The third-order valence-electron chi connectivity index (χ3n) is 4.77. The molecule has 2 bridgehead atoms. The van der Waals surface area contributed by atoms with Crippen molar-refractivity contribution in [2.24, 2.45) is 5.92 Å². The Morgan fingerprint density at radius 2 is 2.27 bits per heavy atom. The highest BCUT2D eigenvalue weighted by molar-refractivity contribution is 7.08. The topological polar surface area (TPSA) is 47.4 Å². The molecule has 5 heterocycles. The van der Waals surface area contributed by atoms with Crippen molar-refractivity contribution in [2.75, 3.05) is 19.6 Å². The van der Waals surface area contributed by atoms with Gasteiger partial charge in [0.25, 0.3) is 0 Å². The van der Waals surface area contributed by atoms with E-state index in [-0.39, 0.29) is 12.1 Å². The molecule has 0 saturated carbocycles. The lowest BCUT2D eigenvalue weighted by atomic mass is 9.86. The Balaban J connectivity index is 1.54. The van der Waals surface area contributed by atoms with Gasteiger partial charge >= 0.3 is 5.97 Å². The van der Waals surface area contributed by atoms with Crippen LogP contribution >= 0.6 is 11.3 Å². The Bertz CT molecular complexity index is 584. The Morgan fingerprint density at radius 1 is 1.41 bits per heavy atom. The number of carbonyl (C=O) groups excluding carboxylic acids is 1. The first-order chi connectivity index (χ1) is 10.8. The summed E-state index contributed by atoms with van der Waals surface area (Å²) in [5, 5.41) is 3.99. The fraction of sp³-hybridized carbons (Fsp3) is 0.500. The van der Waals surface area contributed by atoms with Crippen molar-refractivity contribution in [3.8, 4) is 0 Å². The number of rotatable bonds is 4. The third-order valence-corrected chi connectivity index (χ3v) is 5.47. The smallest absolute Gasteiger partial charge is 0.334 e. The first-order valence-corrected chi connectivity index (χ1v) is 8.68. The minimum atomic E-state index is -0.427. The first-order valence-electron chi connectivity index (χ1n) is 7.73.